The summed E-state index contributed by atoms with van der Waals surface area (Å²) < 4.78 is 48.2. The molecule has 0 aliphatic carbocycles. The second-order valence-corrected chi connectivity index (χ2v) is 6.31. The topological polar surface area (TPSA) is 155 Å². The molecule has 1 aliphatic rings. The van der Waals surface area contributed by atoms with Crippen LogP contribution < -0.4 is 0 Å². The van der Waals surface area contributed by atoms with Crippen LogP contribution in [0.2, 0.25) is 0 Å². The molecular formula is C14H19O11S-. The lowest BCUT2D eigenvalue weighted by Crippen LogP contribution is -2.63. The van der Waals surface area contributed by atoms with Gasteiger partial charge in [0.1, 0.15) is 12.7 Å². The maximum absolute atomic E-state index is 11.5. The van der Waals surface area contributed by atoms with Crippen LogP contribution in [0.15, 0.2) is 0 Å². The third kappa shape index (κ3) is 6.35. The molecule has 0 aromatic rings. The molecule has 1 heterocycles. The van der Waals surface area contributed by atoms with Gasteiger partial charge in [0.05, 0.1) is 0 Å². The third-order valence-corrected chi connectivity index (χ3v) is 3.90. The SMILES string of the molecule is CC(=O)OC[C@H]1O[C@@H](S(=O)[O-])[C@H](OC(C)=O)[C@@H](OC(C)=O)[C@@H]1OC(C)=O. The van der Waals surface area contributed by atoms with Crippen LogP contribution in [0.1, 0.15) is 27.7 Å². The average Bonchev–Trinajstić information content (AvgIpc) is 2.47. The van der Waals surface area contributed by atoms with E-state index in [0.717, 1.165) is 27.7 Å². The van der Waals surface area contributed by atoms with Crippen molar-refractivity contribution < 1.29 is 51.6 Å². The van der Waals surface area contributed by atoms with Gasteiger partial charge in [0.25, 0.3) is 0 Å². The van der Waals surface area contributed by atoms with E-state index in [9.17, 15) is 27.9 Å². The van der Waals surface area contributed by atoms with Crippen molar-refractivity contribution in [3.05, 3.63) is 0 Å². The Labute approximate surface area is 151 Å². The second kappa shape index (κ2) is 9.59. The van der Waals surface area contributed by atoms with Crippen molar-refractivity contribution in [1.29, 1.82) is 0 Å². The van der Waals surface area contributed by atoms with Gasteiger partial charge in [-0.1, -0.05) is 0 Å². The molecule has 148 valence electrons. The molecule has 0 amide bonds. The zero-order chi connectivity index (χ0) is 20.0. The zero-order valence-electron chi connectivity index (χ0n) is 14.5. The summed E-state index contributed by atoms with van der Waals surface area (Å²) in [6.45, 7) is 3.74. The number of esters is 4. The van der Waals surface area contributed by atoms with Crippen LogP contribution >= 0.6 is 0 Å². The summed E-state index contributed by atoms with van der Waals surface area (Å²) in [5, 5.41) is 0. The Balaban J connectivity index is 3.29. The van der Waals surface area contributed by atoms with Gasteiger partial charge in [-0.25, -0.2) is 0 Å². The van der Waals surface area contributed by atoms with E-state index in [1.165, 1.54) is 0 Å². The standard InChI is InChI=1S/C14H20O11S/c1-6(15)21-5-10-11(22-7(2)16)12(23-8(3)17)13(24-9(4)18)14(25-10)26(19)20/h10-14H,5H2,1-4H3,(H,19,20)/p-1/t10-,11-,12+,13-,14+/m1/s1. The van der Waals surface area contributed by atoms with Crippen molar-refractivity contribution in [1.82, 2.24) is 0 Å². The van der Waals surface area contributed by atoms with E-state index in [0.29, 0.717) is 0 Å². The minimum atomic E-state index is -2.92. The van der Waals surface area contributed by atoms with E-state index in [1.807, 2.05) is 0 Å². The van der Waals surface area contributed by atoms with Gasteiger partial charge in [0.2, 0.25) is 0 Å². The fourth-order valence-electron chi connectivity index (χ4n) is 2.34. The van der Waals surface area contributed by atoms with Gasteiger partial charge >= 0.3 is 23.9 Å². The van der Waals surface area contributed by atoms with Crippen LogP contribution in [-0.2, 0) is 53.9 Å². The predicted molar refractivity (Wildman–Crippen MR) is 80.9 cm³/mol. The van der Waals surface area contributed by atoms with Crippen molar-refractivity contribution in [2.24, 2.45) is 0 Å². The van der Waals surface area contributed by atoms with E-state index in [4.69, 9.17) is 23.7 Å². The summed E-state index contributed by atoms with van der Waals surface area (Å²) in [6.07, 6.45) is -5.73. The molecular weight excluding hydrogens is 376 g/mol. The third-order valence-electron chi connectivity index (χ3n) is 3.14. The lowest BCUT2D eigenvalue weighted by atomic mass is 9.99. The van der Waals surface area contributed by atoms with Gasteiger partial charge in [-0.2, -0.15) is 0 Å². The lowest BCUT2D eigenvalue weighted by Gasteiger charge is -2.44. The molecule has 1 fully saturated rings. The highest BCUT2D eigenvalue weighted by atomic mass is 32.2. The Morgan fingerprint density at radius 1 is 0.846 bits per heavy atom. The van der Waals surface area contributed by atoms with Crippen LogP contribution in [-0.4, -0.2) is 69.1 Å². The number of hydrogen-bond acceptors (Lipinski definition) is 11. The molecule has 0 aromatic heterocycles. The number of rotatable bonds is 6. The first kappa shape index (κ1) is 22.0. The fraction of sp³-hybridized carbons (Fsp3) is 0.714. The highest BCUT2D eigenvalue weighted by molar-refractivity contribution is 7.79. The molecule has 1 saturated heterocycles. The summed E-state index contributed by atoms with van der Waals surface area (Å²) in [7, 11) is 0. The van der Waals surface area contributed by atoms with E-state index < -0.39 is 71.4 Å². The molecule has 1 aliphatic heterocycles. The van der Waals surface area contributed by atoms with Gasteiger partial charge < -0.3 is 28.2 Å². The summed E-state index contributed by atoms with van der Waals surface area (Å²) in [5.74, 6) is -3.20. The molecule has 0 spiro atoms. The molecule has 1 rings (SSSR count). The van der Waals surface area contributed by atoms with Crippen LogP contribution in [0.25, 0.3) is 0 Å². The lowest BCUT2D eigenvalue weighted by molar-refractivity contribution is -0.238. The summed E-state index contributed by atoms with van der Waals surface area (Å²) in [5.41, 5.74) is -1.74. The fourth-order valence-corrected chi connectivity index (χ4v) is 3.01. The number of carbonyl (C=O) groups is 4. The first-order valence-corrected chi connectivity index (χ1v) is 8.55. The van der Waals surface area contributed by atoms with Gasteiger partial charge in [-0.3, -0.25) is 23.4 Å². The molecule has 11 nitrogen and oxygen atoms in total. The molecule has 0 radical (unpaired) electrons. The monoisotopic (exact) mass is 395 g/mol. The zero-order valence-corrected chi connectivity index (χ0v) is 15.3. The van der Waals surface area contributed by atoms with E-state index in [2.05, 4.69) is 0 Å². The molecule has 0 aromatic carbocycles. The minimum Gasteiger partial charge on any atom is -0.770 e. The number of hydrogen-bond donors (Lipinski definition) is 0. The van der Waals surface area contributed by atoms with Crippen molar-refractivity contribution >= 4 is 35.0 Å². The highest BCUT2D eigenvalue weighted by Crippen LogP contribution is 2.30. The first-order valence-electron chi connectivity index (χ1n) is 7.41. The Morgan fingerprint density at radius 3 is 1.73 bits per heavy atom. The van der Waals surface area contributed by atoms with Crippen LogP contribution in [0.5, 0.6) is 0 Å². The number of carbonyl (C=O) groups excluding carboxylic acids is 4. The first-order chi connectivity index (χ1) is 12.0. The quantitative estimate of drug-likeness (QED) is 0.307. The highest BCUT2D eigenvalue weighted by Gasteiger charge is 2.52. The van der Waals surface area contributed by atoms with Crippen LogP contribution in [0, 0.1) is 0 Å². The van der Waals surface area contributed by atoms with E-state index >= 15 is 0 Å². The van der Waals surface area contributed by atoms with E-state index in [1.54, 1.807) is 0 Å². The minimum absolute atomic E-state index is 0.481. The smallest absolute Gasteiger partial charge is 0.303 e. The van der Waals surface area contributed by atoms with Crippen molar-refractivity contribution in [3.63, 3.8) is 0 Å². The van der Waals surface area contributed by atoms with Crippen LogP contribution in [0.3, 0.4) is 0 Å². The maximum Gasteiger partial charge on any atom is 0.303 e. The summed E-state index contributed by atoms with van der Waals surface area (Å²) in [6, 6.07) is 0. The predicted octanol–water partition coefficient (Wildman–Crippen LogP) is -1.05. The van der Waals surface area contributed by atoms with Gasteiger partial charge in [0, 0.05) is 27.7 Å². The van der Waals surface area contributed by atoms with Gasteiger partial charge in [0.15, 0.2) is 23.7 Å². The van der Waals surface area contributed by atoms with Crippen molar-refractivity contribution in [2.45, 2.75) is 57.5 Å². The molecule has 1 unspecified atom stereocenters. The second-order valence-electron chi connectivity index (χ2n) is 5.33. The maximum atomic E-state index is 11.5. The Bertz CT molecular complexity index is 589. The van der Waals surface area contributed by atoms with Crippen LogP contribution in [0.4, 0.5) is 0 Å². The van der Waals surface area contributed by atoms with Gasteiger partial charge in [-0.15, -0.1) is 0 Å². The number of ether oxygens (including phenoxy) is 5. The summed E-state index contributed by atoms with van der Waals surface area (Å²) in [4.78, 5) is 45.2. The normalized spacial score (nSPS) is 29.2. The summed E-state index contributed by atoms with van der Waals surface area (Å²) >= 11 is -2.92. The molecule has 6 atom stereocenters. The largest absolute Gasteiger partial charge is 0.770 e. The molecule has 12 heteroatoms. The Kier molecular flexibility index (Phi) is 8.11. The molecule has 26 heavy (non-hydrogen) atoms. The molecule has 0 saturated carbocycles. The Morgan fingerprint density at radius 2 is 1.31 bits per heavy atom. The molecule has 0 N–H and O–H groups in total. The van der Waals surface area contributed by atoms with Gasteiger partial charge in [-0.05, 0) is 11.1 Å². The van der Waals surface area contributed by atoms with Crippen molar-refractivity contribution in [3.8, 4) is 0 Å². The van der Waals surface area contributed by atoms with Crippen molar-refractivity contribution in [2.75, 3.05) is 6.61 Å². The molecule has 0 bridgehead atoms. The Hall–Kier alpha value is -2.05. The van der Waals surface area contributed by atoms with E-state index in [-0.39, 0.29) is 0 Å². The average molecular weight is 395 g/mol.